The summed E-state index contributed by atoms with van der Waals surface area (Å²) in [5.74, 6) is -2.73. The lowest BCUT2D eigenvalue weighted by molar-refractivity contribution is -0.152. The molecule has 1 aromatic rings. The zero-order chi connectivity index (χ0) is 13.0. The van der Waals surface area contributed by atoms with Gasteiger partial charge in [-0.15, -0.1) is 0 Å². The number of hydrogen-bond acceptors (Lipinski definition) is 5. The van der Waals surface area contributed by atoms with Crippen LogP contribution in [0.3, 0.4) is 0 Å². The number of hydrogen-bond donors (Lipinski definition) is 2. The highest BCUT2D eigenvalue weighted by molar-refractivity contribution is 6.37. The molecule has 2 amide bonds. The van der Waals surface area contributed by atoms with Crippen molar-refractivity contribution in [1.29, 1.82) is 0 Å². The summed E-state index contributed by atoms with van der Waals surface area (Å²) in [5.41, 5.74) is 5.10. The quantitative estimate of drug-likeness (QED) is 0.520. The van der Waals surface area contributed by atoms with Crippen LogP contribution in [0.4, 0.5) is 5.82 Å². The van der Waals surface area contributed by atoms with Gasteiger partial charge in [0.15, 0.2) is 0 Å². The van der Waals surface area contributed by atoms with E-state index in [0.717, 1.165) is 0 Å². The van der Waals surface area contributed by atoms with E-state index in [1.54, 1.807) is 6.92 Å². The first-order valence-corrected chi connectivity index (χ1v) is 4.77. The largest absolute Gasteiger partial charge is 0.459 e. The van der Waals surface area contributed by atoms with Crippen molar-refractivity contribution in [1.82, 2.24) is 9.78 Å². The number of aryl methyl sites for hydroxylation is 1. The fourth-order valence-corrected chi connectivity index (χ4v) is 1.12. The van der Waals surface area contributed by atoms with Gasteiger partial charge in [-0.3, -0.25) is 14.3 Å². The number of carbonyl (C=O) groups is 3. The van der Waals surface area contributed by atoms with E-state index in [-0.39, 0.29) is 18.0 Å². The lowest BCUT2D eigenvalue weighted by Crippen LogP contribution is -2.27. The number of nitrogens with zero attached hydrogens (tertiary/aromatic N) is 2. The van der Waals surface area contributed by atoms with Crippen LogP contribution >= 0.6 is 0 Å². The van der Waals surface area contributed by atoms with Crippen LogP contribution in [0.1, 0.15) is 17.3 Å². The van der Waals surface area contributed by atoms with Crippen molar-refractivity contribution in [3.05, 3.63) is 11.8 Å². The van der Waals surface area contributed by atoms with E-state index < -0.39 is 17.8 Å². The number of amides is 2. The predicted molar refractivity (Wildman–Crippen MR) is 57.0 cm³/mol. The summed E-state index contributed by atoms with van der Waals surface area (Å²) < 4.78 is 5.72. The molecule has 0 aliphatic carbocycles. The molecule has 8 nitrogen and oxygen atoms in total. The van der Waals surface area contributed by atoms with Crippen molar-refractivity contribution in [2.75, 3.05) is 11.9 Å². The van der Waals surface area contributed by atoms with Gasteiger partial charge < -0.3 is 15.8 Å². The Morgan fingerprint density at radius 3 is 2.71 bits per heavy atom. The van der Waals surface area contributed by atoms with Crippen LogP contribution in [-0.2, 0) is 21.4 Å². The van der Waals surface area contributed by atoms with Crippen LogP contribution < -0.4 is 11.1 Å². The molecule has 1 aromatic heterocycles. The van der Waals surface area contributed by atoms with E-state index in [4.69, 9.17) is 5.73 Å². The minimum Gasteiger partial charge on any atom is -0.459 e. The molecule has 0 aromatic carbocycles. The Bertz CT molecular complexity index is 466. The van der Waals surface area contributed by atoms with Crippen LogP contribution in [0.15, 0.2) is 6.20 Å². The molecule has 0 aliphatic heterocycles. The van der Waals surface area contributed by atoms with E-state index in [1.807, 2.05) is 0 Å². The molecule has 1 heterocycles. The molecule has 0 saturated carbocycles. The number of anilines is 1. The van der Waals surface area contributed by atoms with Gasteiger partial charge >= 0.3 is 11.9 Å². The number of ether oxygens (including phenoxy) is 1. The number of carbonyl (C=O) groups excluding carboxylic acids is 3. The molecule has 0 fully saturated rings. The summed E-state index contributed by atoms with van der Waals surface area (Å²) in [6.45, 7) is 1.66. The van der Waals surface area contributed by atoms with Crippen molar-refractivity contribution in [2.24, 2.45) is 12.8 Å². The number of primary amides is 1. The Morgan fingerprint density at radius 2 is 2.18 bits per heavy atom. The van der Waals surface area contributed by atoms with Gasteiger partial charge in [0.1, 0.15) is 11.4 Å². The average molecular weight is 240 g/mol. The molecule has 1 rings (SSSR count). The lowest BCUT2D eigenvalue weighted by Gasteiger charge is -2.06. The minimum atomic E-state index is -1.04. The van der Waals surface area contributed by atoms with E-state index in [9.17, 15) is 14.4 Å². The molecular weight excluding hydrogens is 228 g/mol. The van der Waals surface area contributed by atoms with Gasteiger partial charge in [-0.25, -0.2) is 4.79 Å². The zero-order valence-corrected chi connectivity index (χ0v) is 9.39. The van der Waals surface area contributed by atoms with Crippen LogP contribution in [0, 0.1) is 0 Å². The fourth-order valence-electron chi connectivity index (χ4n) is 1.12. The highest BCUT2D eigenvalue weighted by Crippen LogP contribution is 2.12. The molecule has 0 unspecified atom stereocenters. The fraction of sp³-hybridized carbons (Fsp3) is 0.333. The molecule has 0 bridgehead atoms. The van der Waals surface area contributed by atoms with Gasteiger partial charge in [0.25, 0.3) is 5.91 Å². The van der Waals surface area contributed by atoms with E-state index >= 15 is 0 Å². The van der Waals surface area contributed by atoms with Crippen LogP contribution in [0.25, 0.3) is 0 Å². The van der Waals surface area contributed by atoms with Crippen molar-refractivity contribution in [2.45, 2.75) is 6.92 Å². The maximum atomic E-state index is 11.3. The Labute approximate surface area is 96.7 Å². The van der Waals surface area contributed by atoms with Crippen molar-refractivity contribution in [3.8, 4) is 0 Å². The molecule has 0 spiro atoms. The number of rotatable bonds is 3. The average Bonchev–Trinajstić information content (AvgIpc) is 2.61. The molecule has 92 valence electrons. The molecule has 0 saturated heterocycles. The first-order chi connectivity index (χ1) is 7.97. The molecule has 0 radical (unpaired) electrons. The van der Waals surface area contributed by atoms with Crippen LogP contribution in [0.5, 0.6) is 0 Å². The smallest absolute Gasteiger partial charge is 0.397 e. The van der Waals surface area contributed by atoms with Crippen LogP contribution in [-0.4, -0.2) is 34.2 Å². The first kappa shape index (κ1) is 12.7. The standard InChI is InChI=1S/C9H12N4O4/c1-3-17-9(16)8(15)12-7-5(6(10)14)4-11-13(7)2/h4H,3H2,1-2H3,(H2,10,14)(H,12,15). The maximum absolute atomic E-state index is 11.3. The summed E-state index contributed by atoms with van der Waals surface area (Å²) in [4.78, 5) is 33.4. The van der Waals surface area contributed by atoms with Gasteiger partial charge in [-0.2, -0.15) is 5.10 Å². The predicted octanol–water partition coefficient (Wildman–Crippen LogP) is -0.979. The molecule has 3 N–H and O–H groups in total. The number of nitrogens with one attached hydrogen (secondary N) is 1. The Hall–Kier alpha value is -2.38. The highest BCUT2D eigenvalue weighted by atomic mass is 16.5. The lowest BCUT2D eigenvalue weighted by atomic mass is 10.3. The third-order valence-electron chi connectivity index (χ3n) is 1.90. The Balaban J connectivity index is 2.88. The van der Waals surface area contributed by atoms with E-state index in [0.29, 0.717) is 0 Å². The van der Waals surface area contributed by atoms with Gasteiger partial charge in [0, 0.05) is 7.05 Å². The molecule has 0 aliphatic rings. The minimum absolute atomic E-state index is 0.0187. The topological polar surface area (TPSA) is 116 Å². The first-order valence-electron chi connectivity index (χ1n) is 4.77. The van der Waals surface area contributed by atoms with Gasteiger partial charge in [-0.1, -0.05) is 0 Å². The Kier molecular flexibility index (Phi) is 3.81. The Morgan fingerprint density at radius 1 is 1.53 bits per heavy atom. The number of nitrogens with two attached hydrogens (primary N) is 1. The van der Waals surface area contributed by atoms with Gasteiger partial charge in [0.05, 0.1) is 12.8 Å². The third-order valence-corrected chi connectivity index (χ3v) is 1.90. The van der Waals surface area contributed by atoms with Crippen molar-refractivity contribution < 1.29 is 19.1 Å². The van der Waals surface area contributed by atoms with Gasteiger partial charge in [0.2, 0.25) is 0 Å². The summed E-state index contributed by atoms with van der Waals surface area (Å²) in [5, 5.41) is 5.96. The summed E-state index contributed by atoms with van der Waals surface area (Å²) in [6, 6.07) is 0. The maximum Gasteiger partial charge on any atom is 0.397 e. The second kappa shape index (κ2) is 5.10. The second-order valence-corrected chi connectivity index (χ2v) is 3.07. The third kappa shape index (κ3) is 2.80. The summed E-state index contributed by atoms with van der Waals surface area (Å²) in [7, 11) is 1.49. The van der Waals surface area contributed by atoms with Crippen LogP contribution in [0.2, 0.25) is 0 Å². The molecule has 17 heavy (non-hydrogen) atoms. The molecule has 8 heteroatoms. The highest BCUT2D eigenvalue weighted by Gasteiger charge is 2.20. The van der Waals surface area contributed by atoms with E-state index in [1.165, 1.54) is 17.9 Å². The second-order valence-electron chi connectivity index (χ2n) is 3.07. The van der Waals surface area contributed by atoms with E-state index in [2.05, 4.69) is 15.2 Å². The number of esters is 1. The molecule has 0 atom stereocenters. The zero-order valence-electron chi connectivity index (χ0n) is 9.39. The monoisotopic (exact) mass is 240 g/mol. The van der Waals surface area contributed by atoms with Crippen molar-refractivity contribution in [3.63, 3.8) is 0 Å². The normalized spacial score (nSPS) is 9.76. The summed E-state index contributed by atoms with van der Waals surface area (Å²) >= 11 is 0. The summed E-state index contributed by atoms with van der Waals surface area (Å²) in [6.07, 6.45) is 1.20. The van der Waals surface area contributed by atoms with Gasteiger partial charge in [-0.05, 0) is 6.92 Å². The molecular formula is C9H12N4O4. The van der Waals surface area contributed by atoms with Crippen molar-refractivity contribution >= 4 is 23.6 Å². The SMILES string of the molecule is CCOC(=O)C(=O)Nc1c(C(N)=O)cnn1C. The number of aromatic nitrogens is 2.